The van der Waals surface area contributed by atoms with Gasteiger partial charge in [-0.25, -0.2) is 0 Å². The molecule has 0 unspecified atom stereocenters. The van der Waals surface area contributed by atoms with E-state index in [1.165, 1.54) is 54.9 Å². The zero-order chi connectivity index (χ0) is 22.3. The van der Waals surface area contributed by atoms with E-state index in [-0.39, 0.29) is 0 Å². The summed E-state index contributed by atoms with van der Waals surface area (Å²) in [5.74, 6) is 1.86. The lowest BCUT2D eigenvalue weighted by atomic mass is 9.66. The summed E-state index contributed by atoms with van der Waals surface area (Å²) < 4.78 is 6.47. The van der Waals surface area contributed by atoms with Crippen LogP contribution >= 0.6 is 0 Å². The Hall–Kier alpha value is -4.36. The number of benzene rings is 6. The second kappa shape index (κ2) is 6.36. The van der Waals surface area contributed by atoms with Crippen molar-refractivity contribution in [1.82, 2.24) is 0 Å². The molecule has 0 atom stereocenters. The average Bonchev–Trinajstić information content (AvgIpc) is 3.18. The molecule has 0 fully saturated rings. The molecule has 1 nitrogen and oxygen atoms in total. The highest BCUT2D eigenvalue weighted by Gasteiger charge is 2.51. The van der Waals surface area contributed by atoms with E-state index in [2.05, 4.69) is 121 Å². The molecular weight excluding hydrogens is 412 g/mol. The van der Waals surface area contributed by atoms with Gasteiger partial charge in [-0.15, -0.1) is 0 Å². The van der Waals surface area contributed by atoms with Crippen LogP contribution in [0.25, 0.3) is 32.7 Å². The average molecular weight is 433 g/mol. The molecule has 0 aromatic heterocycles. The van der Waals surface area contributed by atoms with Gasteiger partial charge >= 0.3 is 0 Å². The van der Waals surface area contributed by atoms with Crippen molar-refractivity contribution in [1.29, 1.82) is 0 Å². The van der Waals surface area contributed by atoms with Crippen LogP contribution in [-0.2, 0) is 5.41 Å². The summed E-state index contributed by atoms with van der Waals surface area (Å²) in [6.45, 7) is 0. The topological polar surface area (TPSA) is 9.23 Å². The maximum absolute atomic E-state index is 6.47. The Balaban J connectivity index is 1.65. The van der Waals surface area contributed by atoms with Gasteiger partial charge in [-0.1, -0.05) is 97.1 Å². The second-order valence-corrected chi connectivity index (χ2v) is 9.30. The zero-order valence-corrected chi connectivity index (χ0v) is 18.5. The largest absolute Gasteiger partial charge is 0.457 e. The van der Waals surface area contributed by atoms with Crippen molar-refractivity contribution in [3.8, 4) is 22.6 Å². The first-order valence-corrected chi connectivity index (χ1v) is 11.8. The number of ether oxygens (including phenoxy) is 1. The van der Waals surface area contributed by atoms with E-state index in [1.54, 1.807) is 0 Å². The third kappa shape index (κ3) is 2.10. The van der Waals surface area contributed by atoms with Crippen molar-refractivity contribution < 1.29 is 4.74 Å². The van der Waals surface area contributed by atoms with Crippen LogP contribution in [0.15, 0.2) is 121 Å². The molecule has 1 heterocycles. The Morgan fingerprint density at radius 1 is 0.441 bits per heavy atom. The molecule has 1 aliphatic heterocycles. The van der Waals surface area contributed by atoms with Crippen LogP contribution in [0.5, 0.6) is 11.5 Å². The molecule has 2 aliphatic rings. The highest BCUT2D eigenvalue weighted by atomic mass is 16.5. The zero-order valence-electron chi connectivity index (χ0n) is 18.5. The van der Waals surface area contributed by atoms with Crippen LogP contribution in [0.3, 0.4) is 0 Å². The van der Waals surface area contributed by atoms with E-state index in [0.29, 0.717) is 0 Å². The van der Waals surface area contributed by atoms with Gasteiger partial charge in [0.2, 0.25) is 0 Å². The third-order valence-electron chi connectivity index (χ3n) is 7.69. The van der Waals surface area contributed by atoms with Crippen LogP contribution in [0.1, 0.15) is 22.3 Å². The van der Waals surface area contributed by atoms with Crippen molar-refractivity contribution in [3.05, 3.63) is 144 Å². The minimum absolute atomic E-state index is 0.426. The SMILES string of the molecule is c1ccc2c(c1)Oc1ccccc1C21c2cc3ccccc3cc2-c2c1ccc1ccccc21. The number of fused-ring (bicyclic) bond motifs is 12. The molecule has 1 aliphatic carbocycles. The molecule has 8 rings (SSSR count). The van der Waals surface area contributed by atoms with E-state index >= 15 is 0 Å². The van der Waals surface area contributed by atoms with Crippen molar-refractivity contribution in [3.63, 3.8) is 0 Å². The van der Waals surface area contributed by atoms with Crippen LogP contribution in [0.2, 0.25) is 0 Å². The van der Waals surface area contributed by atoms with Gasteiger partial charge in [0.1, 0.15) is 11.5 Å². The lowest BCUT2D eigenvalue weighted by Gasteiger charge is -2.39. The van der Waals surface area contributed by atoms with Gasteiger partial charge < -0.3 is 4.74 Å². The van der Waals surface area contributed by atoms with Gasteiger partial charge in [0.15, 0.2) is 0 Å². The fraction of sp³-hybridized carbons (Fsp3) is 0.0303. The maximum atomic E-state index is 6.47. The maximum Gasteiger partial charge on any atom is 0.132 e. The molecule has 34 heavy (non-hydrogen) atoms. The molecule has 0 saturated carbocycles. The molecule has 158 valence electrons. The fourth-order valence-electron chi connectivity index (χ4n) is 6.35. The quantitative estimate of drug-likeness (QED) is 0.233. The number of hydrogen-bond donors (Lipinski definition) is 0. The molecule has 1 heteroatoms. The summed E-state index contributed by atoms with van der Waals surface area (Å²) in [6.07, 6.45) is 0. The van der Waals surface area contributed by atoms with E-state index in [1.807, 2.05) is 0 Å². The minimum Gasteiger partial charge on any atom is -0.457 e. The van der Waals surface area contributed by atoms with E-state index in [0.717, 1.165) is 11.5 Å². The lowest BCUT2D eigenvalue weighted by Crippen LogP contribution is -2.32. The molecule has 0 amide bonds. The summed E-state index contributed by atoms with van der Waals surface area (Å²) in [6, 6.07) is 44.0. The number of hydrogen-bond acceptors (Lipinski definition) is 1. The molecule has 0 radical (unpaired) electrons. The van der Waals surface area contributed by atoms with Crippen molar-refractivity contribution >= 4 is 21.5 Å². The molecule has 1 spiro atoms. The molecular formula is C33H20O. The Morgan fingerprint density at radius 2 is 1.03 bits per heavy atom. The monoisotopic (exact) mass is 432 g/mol. The molecule has 6 aromatic carbocycles. The summed E-state index contributed by atoms with van der Waals surface area (Å²) in [7, 11) is 0. The summed E-state index contributed by atoms with van der Waals surface area (Å²) in [5.41, 5.74) is 7.31. The predicted octanol–water partition coefficient (Wildman–Crippen LogP) is 8.46. The van der Waals surface area contributed by atoms with E-state index < -0.39 is 5.41 Å². The number of para-hydroxylation sites is 2. The third-order valence-corrected chi connectivity index (χ3v) is 7.69. The van der Waals surface area contributed by atoms with Crippen LogP contribution in [-0.4, -0.2) is 0 Å². The lowest BCUT2D eigenvalue weighted by molar-refractivity contribution is 0.436. The van der Waals surface area contributed by atoms with E-state index in [4.69, 9.17) is 4.74 Å². The summed E-state index contributed by atoms with van der Waals surface area (Å²) >= 11 is 0. The Bertz CT molecular complexity index is 1750. The van der Waals surface area contributed by atoms with Gasteiger partial charge in [-0.05, 0) is 68.1 Å². The van der Waals surface area contributed by atoms with Crippen molar-refractivity contribution in [2.75, 3.05) is 0 Å². The second-order valence-electron chi connectivity index (χ2n) is 9.30. The summed E-state index contributed by atoms with van der Waals surface area (Å²) in [4.78, 5) is 0. The standard InChI is InChI=1S/C33H20O/c1-2-11-23-20-29-25(19-22(23)10-1)32-24-12-4-3-9-21(24)17-18-28(32)33(29)26-13-5-7-15-30(26)34-31-16-8-6-14-27(31)33/h1-20H. The van der Waals surface area contributed by atoms with Crippen LogP contribution in [0.4, 0.5) is 0 Å². The normalized spacial score (nSPS) is 14.4. The van der Waals surface area contributed by atoms with Crippen LogP contribution < -0.4 is 4.74 Å². The van der Waals surface area contributed by atoms with Crippen molar-refractivity contribution in [2.24, 2.45) is 0 Å². The smallest absolute Gasteiger partial charge is 0.132 e. The van der Waals surface area contributed by atoms with Gasteiger partial charge in [0.05, 0.1) is 5.41 Å². The predicted molar refractivity (Wildman–Crippen MR) is 139 cm³/mol. The molecule has 6 aromatic rings. The Kier molecular flexibility index (Phi) is 3.39. The first-order chi connectivity index (χ1) is 16.9. The van der Waals surface area contributed by atoms with Crippen molar-refractivity contribution in [2.45, 2.75) is 5.41 Å². The fourth-order valence-corrected chi connectivity index (χ4v) is 6.35. The van der Waals surface area contributed by atoms with Gasteiger partial charge in [0.25, 0.3) is 0 Å². The first kappa shape index (κ1) is 18.1. The minimum atomic E-state index is -0.426. The van der Waals surface area contributed by atoms with E-state index in [9.17, 15) is 0 Å². The molecule has 0 bridgehead atoms. The highest BCUT2D eigenvalue weighted by Crippen LogP contribution is 2.63. The van der Waals surface area contributed by atoms with Gasteiger partial charge in [-0.2, -0.15) is 0 Å². The molecule has 0 saturated heterocycles. The Morgan fingerprint density at radius 3 is 1.76 bits per heavy atom. The number of rotatable bonds is 0. The highest BCUT2D eigenvalue weighted by molar-refractivity contribution is 6.07. The first-order valence-electron chi connectivity index (χ1n) is 11.8. The summed E-state index contributed by atoms with van der Waals surface area (Å²) in [5, 5.41) is 5.10. The van der Waals surface area contributed by atoms with Gasteiger partial charge in [-0.3, -0.25) is 0 Å². The molecule has 0 N–H and O–H groups in total. The Labute approximate surface area is 197 Å². The van der Waals surface area contributed by atoms with Crippen LogP contribution in [0, 0.1) is 0 Å². The van der Waals surface area contributed by atoms with Gasteiger partial charge in [0, 0.05) is 11.1 Å².